The number of aliphatic carboxylic acids is 1. The standard InChI is InChI=1S/C13H10F2N2O2/c14-8-2-1-7(5-9(8)15)10-6-16-11(17-10)13(3-4-13)12(18)19/h1-2,5-6H,3-4H2,(H,16,17)(H,18,19). The molecule has 0 spiro atoms. The van der Waals surface area contributed by atoms with Gasteiger partial charge in [0.05, 0.1) is 11.9 Å². The molecule has 98 valence electrons. The summed E-state index contributed by atoms with van der Waals surface area (Å²) in [6.07, 6.45) is 2.51. The van der Waals surface area contributed by atoms with E-state index in [0.29, 0.717) is 29.9 Å². The zero-order chi connectivity index (χ0) is 13.6. The average Bonchev–Trinajstić information content (AvgIpc) is 3.05. The summed E-state index contributed by atoms with van der Waals surface area (Å²) in [5, 5.41) is 9.15. The molecule has 0 atom stereocenters. The Morgan fingerprint density at radius 1 is 1.32 bits per heavy atom. The molecule has 0 unspecified atom stereocenters. The molecule has 1 saturated carbocycles. The van der Waals surface area contributed by atoms with E-state index in [2.05, 4.69) is 9.97 Å². The van der Waals surface area contributed by atoms with Gasteiger partial charge in [0.15, 0.2) is 11.6 Å². The van der Waals surface area contributed by atoms with Crippen LogP contribution in [0.15, 0.2) is 24.4 Å². The van der Waals surface area contributed by atoms with E-state index >= 15 is 0 Å². The van der Waals surface area contributed by atoms with Gasteiger partial charge in [0.2, 0.25) is 0 Å². The molecule has 6 heteroatoms. The van der Waals surface area contributed by atoms with Crippen LogP contribution in [0.3, 0.4) is 0 Å². The van der Waals surface area contributed by atoms with E-state index in [-0.39, 0.29) is 0 Å². The molecule has 19 heavy (non-hydrogen) atoms. The number of halogens is 2. The predicted molar refractivity (Wildman–Crippen MR) is 62.5 cm³/mol. The number of benzene rings is 1. The number of aromatic amines is 1. The number of hydrogen-bond acceptors (Lipinski definition) is 2. The highest BCUT2D eigenvalue weighted by atomic mass is 19.2. The molecule has 0 bridgehead atoms. The van der Waals surface area contributed by atoms with Crippen LogP contribution in [0.2, 0.25) is 0 Å². The van der Waals surface area contributed by atoms with Crippen molar-refractivity contribution in [2.75, 3.05) is 0 Å². The third kappa shape index (κ3) is 1.80. The van der Waals surface area contributed by atoms with Crippen molar-refractivity contribution in [1.82, 2.24) is 9.97 Å². The quantitative estimate of drug-likeness (QED) is 0.895. The van der Waals surface area contributed by atoms with E-state index in [1.54, 1.807) is 0 Å². The van der Waals surface area contributed by atoms with E-state index in [1.165, 1.54) is 12.3 Å². The largest absolute Gasteiger partial charge is 0.480 e. The highest BCUT2D eigenvalue weighted by Gasteiger charge is 2.54. The zero-order valence-electron chi connectivity index (χ0n) is 9.78. The van der Waals surface area contributed by atoms with Crippen molar-refractivity contribution >= 4 is 5.97 Å². The first-order valence-electron chi connectivity index (χ1n) is 5.77. The fraction of sp³-hybridized carbons (Fsp3) is 0.231. The number of carboxylic acid groups (broad SMARTS) is 1. The summed E-state index contributed by atoms with van der Waals surface area (Å²) >= 11 is 0. The molecular formula is C13H10F2N2O2. The fourth-order valence-electron chi connectivity index (χ4n) is 2.05. The van der Waals surface area contributed by atoms with Crippen molar-refractivity contribution in [2.45, 2.75) is 18.3 Å². The Balaban J connectivity index is 1.97. The number of nitrogens with zero attached hydrogens (tertiary/aromatic N) is 1. The minimum absolute atomic E-state index is 0.361. The van der Waals surface area contributed by atoms with Crippen LogP contribution >= 0.6 is 0 Å². The van der Waals surface area contributed by atoms with Gasteiger partial charge in [0, 0.05) is 5.56 Å². The molecule has 3 rings (SSSR count). The van der Waals surface area contributed by atoms with Crippen LogP contribution in [0.4, 0.5) is 8.78 Å². The monoisotopic (exact) mass is 264 g/mol. The smallest absolute Gasteiger partial charge is 0.317 e. The van der Waals surface area contributed by atoms with Crippen molar-refractivity contribution in [3.63, 3.8) is 0 Å². The third-order valence-corrected chi connectivity index (χ3v) is 3.42. The van der Waals surface area contributed by atoms with Gasteiger partial charge >= 0.3 is 5.97 Å². The van der Waals surface area contributed by atoms with Crippen molar-refractivity contribution in [3.8, 4) is 11.3 Å². The lowest BCUT2D eigenvalue weighted by atomic mass is 10.1. The number of imidazole rings is 1. The molecule has 1 aliphatic rings. The summed E-state index contributed by atoms with van der Waals surface area (Å²) in [5.41, 5.74) is -0.0307. The van der Waals surface area contributed by atoms with Crippen molar-refractivity contribution in [3.05, 3.63) is 41.9 Å². The van der Waals surface area contributed by atoms with E-state index in [1.807, 2.05) is 0 Å². The number of carbonyl (C=O) groups is 1. The normalized spacial score (nSPS) is 16.3. The van der Waals surface area contributed by atoms with Crippen molar-refractivity contribution < 1.29 is 18.7 Å². The Bertz CT molecular complexity index is 662. The number of rotatable bonds is 3. The van der Waals surface area contributed by atoms with Crippen LogP contribution in [0, 0.1) is 11.6 Å². The van der Waals surface area contributed by atoms with Gasteiger partial charge in [0.25, 0.3) is 0 Å². The van der Waals surface area contributed by atoms with Crippen LogP contribution in [0.25, 0.3) is 11.3 Å². The number of aromatic nitrogens is 2. The second-order valence-electron chi connectivity index (χ2n) is 4.66. The summed E-state index contributed by atoms with van der Waals surface area (Å²) in [5.74, 6) is -2.43. The Morgan fingerprint density at radius 2 is 2.05 bits per heavy atom. The Morgan fingerprint density at radius 3 is 2.63 bits per heavy atom. The van der Waals surface area contributed by atoms with Crippen LogP contribution < -0.4 is 0 Å². The Labute approximate surface area is 107 Å². The van der Waals surface area contributed by atoms with Crippen LogP contribution in [-0.4, -0.2) is 21.0 Å². The lowest BCUT2D eigenvalue weighted by molar-refractivity contribution is -0.140. The summed E-state index contributed by atoms with van der Waals surface area (Å²) in [6, 6.07) is 3.48. The third-order valence-electron chi connectivity index (χ3n) is 3.42. The van der Waals surface area contributed by atoms with E-state index < -0.39 is 23.0 Å². The van der Waals surface area contributed by atoms with Crippen molar-refractivity contribution in [2.24, 2.45) is 0 Å². The lowest BCUT2D eigenvalue weighted by Crippen LogP contribution is -2.20. The first-order valence-corrected chi connectivity index (χ1v) is 5.77. The number of H-pyrrole nitrogens is 1. The molecule has 1 aromatic carbocycles. The van der Waals surface area contributed by atoms with Gasteiger partial charge < -0.3 is 10.1 Å². The highest BCUT2D eigenvalue weighted by Crippen LogP contribution is 2.47. The number of nitrogens with one attached hydrogen (secondary N) is 1. The van der Waals surface area contributed by atoms with E-state index in [4.69, 9.17) is 5.11 Å². The molecule has 1 fully saturated rings. The summed E-state index contributed by atoms with van der Waals surface area (Å²) in [6.45, 7) is 0. The molecule has 2 N–H and O–H groups in total. The Hall–Kier alpha value is -2.24. The van der Waals surface area contributed by atoms with Gasteiger partial charge in [-0.1, -0.05) is 0 Å². The molecule has 1 aliphatic carbocycles. The topological polar surface area (TPSA) is 66.0 Å². The number of hydrogen-bond donors (Lipinski definition) is 2. The summed E-state index contributed by atoms with van der Waals surface area (Å²) in [7, 11) is 0. The fourth-order valence-corrected chi connectivity index (χ4v) is 2.05. The SMILES string of the molecule is O=C(O)C1(c2ncc(-c3ccc(F)c(F)c3)[nH]2)CC1. The van der Waals surface area contributed by atoms with Gasteiger partial charge in [-0.15, -0.1) is 0 Å². The van der Waals surface area contributed by atoms with Gasteiger partial charge in [-0.3, -0.25) is 4.79 Å². The highest BCUT2D eigenvalue weighted by molar-refractivity contribution is 5.83. The lowest BCUT2D eigenvalue weighted by Gasteiger charge is -2.05. The van der Waals surface area contributed by atoms with Crippen molar-refractivity contribution in [1.29, 1.82) is 0 Å². The molecule has 0 saturated heterocycles. The van der Waals surface area contributed by atoms with Gasteiger partial charge in [-0.2, -0.15) is 0 Å². The van der Waals surface area contributed by atoms with Crippen LogP contribution in [-0.2, 0) is 10.2 Å². The maximum atomic E-state index is 13.1. The molecular weight excluding hydrogens is 254 g/mol. The zero-order valence-corrected chi connectivity index (χ0v) is 9.78. The predicted octanol–water partition coefficient (Wildman–Crippen LogP) is 2.47. The molecule has 1 aromatic heterocycles. The minimum Gasteiger partial charge on any atom is -0.480 e. The second-order valence-corrected chi connectivity index (χ2v) is 4.66. The molecule has 1 heterocycles. The van der Waals surface area contributed by atoms with Crippen LogP contribution in [0.5, 0.6) is 0 Å². The maximum Gasteiger partial charge on any atom is 0.317 e. The molecule has 4 nitrogen and oxygen atoms in total. The molecule has 0 aliphatic heterocycles. The number of carboxylic acids is 1. The van der Waals surface area contributed by atoms with Gasteiger partial charge in [-0.05, 0) is 31.0 Å². The molecule has 0 amide bonds. The maximum absolute atomic E-state index is 13.1. The summed E-state index contributed by atoms with van der Waals surface area (Å²) in [4.78, 5) is 18.1. The van der Waals surface area contributed by atoms with Gasteiger partial charge in [-0.25, -0.2) is 13.8 Å². The van der Waals surface area contributed by atoms with E-state index in [9.17, 15) is 13.6 Å². The first kappa shape index (κ1) is 11.8. The molecule has 0 radical (unpaired) electrons. The first-order chi connectivity index (χ1) is 9.03. The van der Waals surface area contributed by atoms with E-state index in [0.717, 1.165) is 12.1 Å². The summed E-state index contributed by atoms with van der Waals surface area (Å²) < 4.78 is 26.0. The van der Waals surface area contributed by atoms with Crippen LogP contribution in [0.1, 0.15) is 18.7 Å². The Kier molecular flexibility index (Phi) is 2.41. The minimum atomic E-state index is -0.951. The second kappa shape index (κ2) is 3.88. The average molecular weight is 264 g/mol. The molecule has 2 aromatic rings. The van der Waals surface area contributed by atoms with Gasteiger partial charge in [0.1, 0.15) is 11.2 Å².